The maximum absolute atomic E-state index is 12.7. The Morgan fingerprint density at radius 2 is 1.92 bits per heavy atom. The summed E-state index contributed by atoms with van der Waals surface area (Å²) in [4.78, 5) is 35.2. The molecule has 0 aliphatic rings. The van der Waals surface area contributed by atoms with E-state index in [1.54, 1.807) is 6.92 Å². The summed E-state index contributed by atoms with van der Waals surface area (Å²) in [6.07, 6.45) is -4.73. The van der Waals surface area contributed by atoms with Crippen molar-refractivity contribution in [2.75, 3.05) is 6.61 Å². The molecule has 0 radical (unpaired) electrons. The number of carbonyl (C=O) groups is 3. The quantitative estimate of drug-likeness (QED) is 0.725. The van der Waals surface area contributed by atoms with Gasteiger partial charge in [0, 0.05) is 5.56 Å². The van der Waals surface area contributed by atoms with Crippen molar-refractivity contribution < 1.29 is 32.3 Å². The molecule has 1 aromatic carbocycles. The number of esters is 1. The molecule has 0 fully saturated rings. The van der Waals surface area contributed by atoms with Crippen molar-refractivity contribution in [1.29, 1.82) is 0 Å². The van der Waals surface area contributed by atoms with E-state index < -0.39 is 41.5 Å². The Morgan fingerprint density at radius 3 is 2.44 bits per heavy atom. The van der Waals surface area contributed by atoms with Crippen molar-refractivity contribution in [1.82, 2.24) is 5.32 Å². The minimum Gasteiger partial charge on any atom is -0.466 e. The summed E-state index contributed by atoms with van der Waals surface area (Å²) in [5.74, 6) is -3.09. The lowest BCUT2D eigenvalue weighted by molar-refractivity contribution is -0.148. The second-order valence-corrected chi connectivity index (χ2v) is 5.40. The summed E-state index contributed by atoms with van der Waals surface area (Å²) < 4.78 is 42.9. The van der Waals surface area contributed by atoms with Gasteiger partial charge in [-0.1, -0.05) is 13.0 Å². The number of ether oxygens (including phenoxy) is 1. The zero-order chi connectivity index (χ0) is 19.2. The summed E-state index contributed by atoms with van der Waals surface area (Å²) in [5, 5.41) is 2.25. The molecule has 0 aliphatic carbocycles. The lowest BCUT2D eigenvalue weighted by Crippen LogP contribution is -2.46. The smallest absolute Gasteiger partial charge is 0.416 e. The van der Waals surface area contributed by atoms with Crippen LogP contribution in [0.3, 0.4) is 0 Å². The number of hydrogen-bond donors (Lipinski definition) is 2. The number of nitrogens with two attached hydrogens (primary N) is 1. The number of alkyl halides is 3. The molecule has 1 aromatic rings. The minimum atomic E-state index is -4.60. The molecule has 9 heteroatoms. The molecule has 0 saturated heterocycles. The second-order valence-electron chi connectivity index (χ2n) is 5.40. The molecule has 2 amide bonds. The van der Waals surface area contributed by atoms with Crippen LogP contribution < -0.4 is 11.1 Å². The van der Waals surface area contributed by atoms with Crippen LogP contribution in [0.15, 0.2) is 24.3 Å². The van der Waals surface area contributed by atoms with E-state index in [9.17, 15) is 27.6 Å². The summed E-state index contributed by atoms with van der Waals surface area (Å²) in [5.41, 5.74) is 3.94. The second kappa shape index (κ2) is 8.50. The van der Waals surface area contributed by atoms with Crippen molar-refractivity contribution in [3.8, 4) is 0 Å². The van der Waals surface area contributed by atoms with E-state index in [1.807, 2.05) is 0 Å². The predicted molar refractivity (Wildman–Crippen MR) is 82.3 cm³/mol. The molecule has 3 N–H and O–H groups in total. The van der Waals surface area contributed by atoms with Gasteiger partial charge in [-0.25, -0.2) is 0 Å². The van der Waals surface area contributed by atoms with E-state index in [2.05, 4.69) is 5.32 Å². The van der Waals surface area contributed by atoms with Gasteiger partial charge in [-0.05, 0) is 31.5 Å². The summed E-state index contributed by atoms with van der Waals surface area (Å²) in [6.45, 7) is 3.26. The van der Waals surface area contributed by atoms with E-state index >= 15 is 0 Å². The van der Waals surface area contributed by atoms with Crippen molar-refractivity contribution in [3.05, 3.63) is 35.4 Å². The predicted octanol–water partition coefficient (Wildman–Crippen LogP) is 1.88. The molecule has 25 heavy (non-hydrogen) atoms. The van der Waals surface area contributed by atoms with E-state index in [0.717, 1.165) is 12.1 Å². The van der Waals surface area contributed by atoms with E-state index in [4.69, 9.17) is 10.5 Å². The van der Waals surface area contributed by atoms with Crippen LogP contribution in [-0.4, -0.2) is 30.4 Å². The number of amides is 2. The highest BCUT2D eigenvalue weighted by atomic mass is 19.4. The van der Waals surface area contributed by atoms with Gasteiger partial charge in [-0.3, -0.25) is 14.4 Å². The molecule has 138 valence electrons. The highest BCUT2D eigenvalue weighted by Gasteiger charge is 2.31. The first-order valence-corrected chi connectivity index (χ1v) is 7.50. The Morgan fingerprint density at radius 1 is 1.28 bits per heavy atom. The molecule has 0 saturated carbocycles. The van der Waals surface area contributed by atoms with Gasteiger partial charge in [-0.15, -0.1) is 0 Å². The van der Waals surface area contributed by atoms with Crippen molar-refractivity contribution in [2.24, 2.45) is 11.7 Å². The fourth-order valence-electron chi connectivity index (χ4n) is 2.06. The molecule has 0 aromatic heterocycles. The Labute approximate surface area is 142 Å². The third kappa shape index (κ3) is 6.09. The number of benzene rings is 1. The van der Waals surface area contributed by atoms with Crippen LogP contribution in [0.4, 0.5) is 13.2 Å². The highest BCUT2D eigenvalue weighted by Crippen LogP contribution is 2.29. The summed E-state index contributed by atoms with van der Waals surface area (Å²) in [7, 11) is 0. The Hall–Kier alpha value is -2.58. The average Bonchev–Trinajstić information content (AvgIpc) is 2.53. The van der Waals surface area contributed by atoms with Gasteiger partial charge >= 0.3 is 12.1 Å². The van der Waals surface area contributed by atoms with Crippen molar-refractivity contribution in [3.63, 3.8) is 0 Å². The zero-order valence-corrected chi connectivity index (χ0v) is 13.7. The van der Waals surface area contributed by atoms with Crippen LogP contribution in [0.2, 0.25) is 0 Å². The van der Waals surface area contributed by atoms with Crippen LogP contribution in [0.25, 0.3) is 0 Å². The fraction of sp³-hybridized carbons (Fsp3) is 0.438. The first-order chi connectivity index (χ1) is 11.6. The molecule has 0 bridgehead atoms. The van der Waals surface area contributed by atoms with Crippen molar-refractivity contribution >= 4 is 17.8 Å². The lowest BCUT2D eigenvalue weighted by Gasteiger charge is -2.19. The molecule has 0 spiro atoms. The van der Waals surface area contributed by atoms with Crippen LogP contribution in [-0.2, 0) is 20.5 Å². The van der Waals surface area contributed by atoms with Crippen molar-refractivity contribution in [2.45, 2.75) is 32.5 Å². The number of hydrogen-bond acceptors (Lipinski definition) is 4. The van der Waals surface area contributed by atoms with Crippen LogP contribution in [0.1, 0.15) is 36.2 Å². The normalized spacial score (nSPS) is 13.6. The molecule has 0 unspecified atom stereocenters. The molecular formula is C16H19F3N2O4. The van der Waals surface area contributed by atoms with Crippen LogP contribution in [0.5, 0.6) is 0 Å². The monoisotopic (exact) mass is 360 g/mol. The number of primary amides is 1. The molecule has 2 atom stereocenters. The van der Waals surface area contributed by atoms with Crippen LogP contribution >= 0.6 is 0 Å². The number of halogens is 3. The first kappa shape index (κ1) is 20.5. The molecule has 6 nitrogen and oxygen atoms in total. The van der Waals surface area contributed by atoms with Gasteiger partial charge in [0.15, 0.2) is 0 Å². The van der Waals surface area contributed by atoms with Crippen LogP contribution in [0, 0.1) is 5.92 Å². The summed E-state index contributed by atoms with van der Waals surface area (Å²) in [6, 6.07) is 2.53. The number of nitrogens with one attached hydrogen (secondary N) is 1. The fourth-order valence-corrected chi connectivity index (χ4v) is 2.06. The average molecular weight is 360 g/mol. The molecule has 1 rings (SSSR count). The number of carbonyl (C=O) groups excluding carboxylic acids is 3. The van der Waals surface area contributed by atoms with Gasteiger partial charge in [0.05, 0.1) is 18.1 Å². The van der Waals surface area contributed by atoms with Gasteiger partial charge in [0.2, 0.25) is 5.91 Å². The highest BCUT2D eigenvalue weighted by molar-refractivity contribution is 5.97. The Bertz CT molecular complexity index is 647. The largest absolute Gasteiger partial charge is 0.466 e. The zero-order valence-electron chi connectivity index (χ0n) is 13.7. The molecule has 0 heterocycles. The van der Waals surface area contributed by atoms with E-state index in [1.165, 1.54) is 13.0 Å². The minimum absolute atomic E-state index is 0.126. The molecule has 0 aliphatic heterocycles. The summed E-state index contributed by atoms with van der Waals surface area (Å²) >= 11 is 0. The van der Waals surface area contributed by atoms with E-state index in [-0.39, 0.29) is 18.6 Å². The first-order valence-electron chi connectivity index (χ1n) is 7.50. The van der Waals surface area contributed by atoms with Gasteiger partial charge in [0.25, 0.3) is 5.91 Å². The standard InChI is InChI=1S/C16H19F3N2O4/c1-3-25-15(24)9(2)7-12(13(20)22)21-14(23)10-5-4-6-11(8-10)16(17,18)19/h4-6,8-9,12H,3,7H2,1-2H3,(H2,20,22)(H,21,23)/t9-,12+/m1/s1. The topological polar surface area (TPSA) is 98.5 Å². The maximum atomic E-state index is 12.7. The third-order valence-corrected chi connectivity index (χ3v) is 3.38. The van der Waals surface area contributed by atoms with Gasteiger partial charge < -0.3 is 15.8 Å². The third-order valence-electron chi connectivity index (χ3n) is 3.38. The lowest BCUT2D eigenvalue weighted by atomic mass is 10.0. The van der Waals surface area contributed by atoms with Gasteiger partial charge in [-0.2, -0.15) is 13.2 Å². The van der Waals surface area contributed by atoms with E-state index in [0.29, 0.717) is 6.07 Å². The van der Waals surface area contributed by atoms with Gasteiger partial charge in [0.1, 0.15) is 6.04 Å². The molecular weight excluding hydrogens is 341 g/mol. The Balaban J connectivity index is 2.87. The number of rotatable bonds is 7. The SMILES string of the molecule is CCOC(=O)[C@H](C)C[C@H](NC(=O)c1cccc(C(F)(F)F)c1)C(N)=O. The maximum Gasteiger partial charge on any atom is 0.416 e. The Kier molecular flexibility index (Phi) is 6.96.